The lowest BCUT2D eigenvalue weighted by Crippen LogP contribution is -2.22. The van der Waals surface area contributed by atoms with Crippen molar-refractivity contribution < 1.29 is 4.42 Å². The molecular weight excluding hydrogens is 530 g/mol. The van der Waals surface area contributed by atoms with Gasteiger partial charge in [-0.2, -0.15) is 9.97 Å². The van der Waals surface area contributed by atoms with Gasteiger partial charge in [0.2, 0.25) is 5.95 Å². The minimum Gasteiger partial charge on any atom is -0.456 e. The molecule has 0 N–H and O–H groups in total. The highest BCUT2D eigenvalue weighted by atomic mass is 16.3. The maximum absolute atomic E-state index is 6.11. The van der Waals surface area contributed by atoms with Gasteiger partial charge in [0.05, 0.1) is 11.2 Å². The average Bonchev–Trinajstić information content (AvgIpc) is 3.68. The Labute approximate surface area is 247 Å². The molecular formula is C37H25N5O. The molecule has 8 aromatic rings. The zero-order valence-electron chi connectivity index (χ0n) is 23.6. The molecule has 6 heteroatoms. The average molecular weight is 556 g/mol. The van der Waals surface area contributed by atoms with Crippen molar-refractivity contribution in [3.05, 3.63) is 127 Å². The zero-order valence-corrected chi connectivity index (χ0v) is 23.6. The van der Waals surface area contributed by atoms with Crippen LogP contribution in [0.3, 0.4) is 0 Å². The number of benzene rings is 4. The normalized spacial score (nSPS) is 13.5. The van der Waals surface area contributed by atoms with Gasteiger partial charge in [0, 0.05) is 55.7 Å². The number of fused-ring (bicyclic) bond motifs is 8. The molecule has 0 unspecified atom stereocenters. The SMILES string of the molecule is CC1(C)c2ncccc2-c2c1n(-c1nc(-c3ccccc3)nc(-c3ccc4oc5ccccc5c4c3)n1)c1ccccc21. The summed E-state index contributed by atoms with van der Waals surface area (Å²) >= 11 is 0. The van der Waals surface area contributed by atoms with E-state index < -0.39 is 0 Å². The Balaban J connectivity index is 1.35. The predicted molar refractivity (Wildman–Crippen MR) is 170 cm³/mol. The molecule has 43 heavy (non-hydrogen) atoms. The molecule has 4 aromatic carbocycles. The molecule has 0 radical (unpaired) electrons. The van der Waals surface area contributed by atoms with Gasteiger partial charge in [0.1, 0.15) is 11.2 Å². The standard InChI is InChI=1S/C37H25N5O/c1-37(2)32-26(15-10-20-38-32)31-25-14-6-8-16-28(25)42(33(31)37)36-40-34(22-11-4-3-5-12-22)39-35(41-36)23-18-19-30-27(21-23)24-13-7-9-17-29(24)43-30/h3-21H,1-2H3. The third kappa shape index (κ3) is 3.40. The van der Waals surface area contributed by atoms with Gasteiger partial charge in [-0.1, -0.05) is 72.8 Å². The van der Waals surface area contributed by atoms with Crippen molar-refractivity contribution in [3.63, 3.8) is 0 Å². The quantitative estimate of drug-likeness (QED) is 0.218. The monoisotopic (exact) mass is 555 g/mol. The summed E-state index contributed by atoms with van der Waals surface area (Å²) in [5, 5.41) is 3.26. The molecule has 0 bridgehead atoms. The Kier molecular flexibility index (Phi) is 4.86. The Bertz CT molecular complexity index is 2380. The van der Waals surface area contributed by atoms with E-state index in [0.717, 1.165) is 60.9 Å². The van der Waals surface area contributed by atoms with Crippen molar-refractivity contribution in [2.45, 2.75) is 19.3 Å². The molecule has 204 valence electrons. The van der Waals surface area contributed by atoms with Crippen LogP contribution in [0.5, 0.6) is 0 Å². The van der Waals surface area contributed by atoms with Crippen LogP contribution in [0.25, 0.3) is 72.7 Å². The van der Waals surface area contributed by atoms with E-state index in [4.69, 9.17) is 24.4 Å². The molecule has 0 fully saturated rings. The van der Waals surface area contributed by atoms with Crippen LogP contribution in [0.4, 0.5) is 0 Å². The first-order chi connectivity index (χ1) is 21.1. The minimum absolute atomic E-state index is 0.362. The van der Waals surface area contributed by atoms with Gasteiger partial charge >= 0.3 is 0 Å². The Morgan fingerprint density at radius 1 is 0.628 bits per heavy atom. The van der Waals surface area contributed by atoms with Crippen LogP contribution in [-0.4, -0.2) is 24.5 Å². The maximum atomic E-state index is 6.11. The predicted octanol–water partition coefficient (Wildman–Crippen LogP) is 8.75. The van der Waals surface area contributed by atoms with E-state index in [9.17, 15) is 0 Å². The largest absolute Gasteiger partial charge is 0.456 e. The van der Waals surface area contributed by atoms with Crippen LogP contribution in [0.1, 0.15) is 25.2 Å². The number of rotatable bonds is 3. The second-order valence-electron chi connectivity index (χ2n) is 11.6. The molecule has 0 saturated heterocycles. The van der Waals surface area contributed by atoms with Crippen LogP contribution < -0.4 is 0 Å². The molecule has 6 nitrogen and oxygen atoms in total. The lowest BCUT2D eigenvalue weighted by atomic mass is 9.89. The van der Waals surface area contributed by atoms with Gasteiger partial charge in [-0.05, 0) is 50.2 Å². The number of hydrogen-bond donors (Lipinski definition) is 0. The number of nitrogens with zero attached hydrogens (tertiary/aromatic N) is 5. The van der Waals surface area contributed by atoms with Gasteiger partial charge < -0.3 is 4.42 Å². The van der Waals surface area contributed by atoms with E-state index >= 15 is 0 Å². The zero-order chi connectivity index (χ0) is 28.7. The first kappa shape index (κ1) is 24.0. The van der Waals surface area contributed by atoms with Crippen molar-refractivity contribution in [2.24, 2.45) is 0 Å². The molecule has 0 aliphatic heterocycles. The summed E-state index contributed by atoms with van der Waals surface area (Å²) in [6.07, 6.45) is 1.88. The molecule has 4 heterocycles. The van der Waals surface area contributed by atoms with Crippen molar-refractivity contribution in [3.8, 4) is 39.9 Å². The smallest absolute Gasteiger partial charge is 0.238 e. The fraction of sp³-hybridized carbons (Fsp3) is 0.0811. The van der Waals surface area contributed by atoms with Gasteiger partial charge in [0.25, 0.3) is 0 Å². The first-order valence-corrected chi connectivity index (χ1v) is 14.4. The summed E-state index contributed by atoms with van der Waals surface area (Å²) in [6.45, 7) is 4.47. The summed E-state index contributed by atoms with van der Waals surface area (Å²) in [5.74, 6) is 1.81. The third-order valence-corrected chi connectivity index (χ3v) is 8.63. The van der Waals surface area contributed by atoms with E-state index in [0.29, 0.717) is 17.6 Å². The Morgan fingerprint density at radius 2 is 1.35 bits per heavy atom. The topological polar surface area (TPSA) is 69.6 Å². The van der Waals surface area contributed by atoms with Crippen molar-refractivity contribution in [1.82, 2.24) is 24.5 Å². The summed E-state index contributed by atoms with van der Waals surface area (Å²) in [4.78, 5) is 20.2. The Hall–Kier alpha value is -5.62. The van der Waals surface area contributed by atoms with E-state index in [1.54, 1.807) is 0 Å². The van der Waals surface area contributed by atoms with E-state index in [-0.39, 0.29) is 5.41 Å². The molecule has 0 saturated carbocycles. The minimum atomic E-state index is -0.362. The van der Waals surface area contributed by atoms with Crippen LogP contribution >= 0.6 is 0 Å². The highest BCUT2D eigenvalue weighted by molar-refractivity contribution is 6.06. The number of para-hydroxylation sites is 2. The summed E-state index contributed by atoms with van der Waals surface area (Å²) in [5.41, 5.74) is 8.78. The van der Waals surface area contributed by atoms with E-state index in [2.05, 4.69) is 60.9 Å². The summed E-state index contributed by atoms with van der Waals surface area (Å²) in [7, 11) is 0. The number of aromatic nitrogens is 5. The molecule has 9 rings (SSSR count). The highest BCUT2D eigenvalue weighted by Gasteiger charge is 2.42. The van der Waals surface area contributed by atoms with Gasteiger partial charge in [-0.25, -0.2) is 4.98 Å². The van der Waals surface area contributed by atoms with Crippen LogP contribution in [0, 0.1) is 0 Å². The summed E-state index contributed by atoms with van der Waals surface area (Å²) in [6, 6.07) is 37.0. The number of hydrogen-bond acceptors (Lipinski definition) is 5. The lowest BCUT2D eigenvalue weighted by molar-refractivity contribution is 0.599. The van der Waals surface area contributed by atoms with Crippen molar-refractivity contribution in [2.75, 3.05) is 0 Å². The van der Waals surface area contributed by atoms with Crippen LogP contribution in [-0.2, 0) is 5.41 Å². The second-order valence-corrected chi connectivity index (χ2v) is 11.6. The first-order valence-electron chi connectivity index (χ1n) is 14.4. The number of furan rings is 1. The molecule has 4 aromatic heterocycles. The molecule has 1 aliphatic rings. The summed E-state index contributed by atoms with van der Waals surface area (Å²) < 4.78 is 8.33. The van der Waals surface area contributed by atoms with Gasteiger partial charge in [-0.3, -0.25) is 9.55 Å². The van der Waals surface area contributed by atoms with Crippen LogP contribution in [0.15, 0.2) is 120 Å². The van der Waals surface area contributed by atoms with Gasteiger partial charge in [-0.15, -0.1) is 0 Å². The second kappa shape index (κ2) is 8.69. The fourth-order valence-electron chi connectivity index (χ4n) is 6.70. The van der Waals surface area contributed by atoms with Crippen molar-refractivity contribution >= 4 is 32.8 Å². The Morgan fingerprint density at radius 3 is 2.21 bits per heavy atom. The molecule has 0 amide bonds. The van der Waals surface area contributed by atoms with Gasteiger partial charge in [0.15, 0.2) is 11.6 Å². The molecule has 1 aliphatic carbocycles. The van der Waals surface area contributed by atoms with Crippen molar-refractivity contribution in [1.29, 1.82) is 0 Å². The maximum Gasteiger partial charge on any atom is 0.238 e. The highest BCUT2D eigenvalue weighted by Crippen LogP contribution is 2.52. The van der Waals surface area contributed by atoms with E-state index in [1.165, 1.54) is 5.56 Å². The number of pyridine rings is 1. The third-order valence-electron chi connectivity index (χ3n) is 8.63. The van der Waals surface area contributed by atoms with Crippen LogP contribution in [0.2, 0.25) is 0 Å². The lowest BCUT2D eigenvalue weighted by Gasteiger charge is -2.23. The fourth-order valence-corrected chi connectivity index (χ4v) is 6.70. The molecule has 0 atom stereocenters. The molecule has 0 spiro atoms. The van der Waals surface area contributed by atoms with E-state index in [1.807, 2.05) is 72.9 Å².